The fourth-order valence-corrected chi connectivity index (χ4v) is 3.30. The van der Waals surface area contributed by atoms with Crippen LogP contribution in [0.5, 0.6) is 0 Å². The molecule has 0 aliphatic carbocycles. The average Bonchev–Trinajstić information content (AvgIpc) is 2.51. The lowest BCUT2D eigenvalue weighted by Crippen LogP contribution is -1.95. The molecule has 4 aromatic carbocycles. The number of benzene rings is 4. The maximum atomic E-state index is 2.29. The van der Waals surface area contributed by atoms with Crippen LogP contribution in [0.2, 0.25) is 0 Å². The minimum atomic E-state index is 1.10. The lowest BCUT2D eigenvalue weighted by molar-refractivity contribution is 0.965. The molecule has 0 aromatic heterocycles. The fraction of sp³-hybridized carbons (Fsp3) is 0.150. The number of hydrogen-bond acceptors (Lipinski definition) is 0. The molecule has 0 amide bonds. The molecule has 0 saturated heterocycles. The minimum Gasteiger partial charge on any atom is -0.0645 e. The highest BCUT2D eigenvalue weighted by Gasteiger charge is 2.13. The summed E-state index contributed by atoms with van der Waals surface area (Å²) in [6.07, 6.45) is 1.10. The van der Waals surface area contributed by atoms with Gasteiger partial charge in [-0.2, -0.15) is 0 Å². The predicted octanol–water partition coefficient (Wildman–Crippen LogP) is 5.94. The van der Waals surface area contributed by atoms with E-state index in [0.717, 1.165) is 6.42 Å². The van der Waals surface area contributed by atoms with E-state index in [0.29, 0.717) is 0 Å². The molecule has 0 bridgehead atoms. The first-order valence-electron chi connectivity index (χ1n) is 7.29. The van der Waals surface area contributed by atoms with Crippen LogP contribution in [-0.4, -0.2) is 0 Å². The highest BCUT2D eigenvalue weighted by atomic mass is 14.2. The summed E-state index contributed by atoms with van der Waals surface area (Å²) in [6, 6.07) is 20.1. The van der Waals surface area contributed by atoms with Crippen molar-refractivity contribution in [2.75, 3.05) is 0 Å². The molecule has 20 heavy (non-hydrogen) atoms. The Hall–Kier alpha value is -2.08. The van der Waals surface area contributed by atoms with Crippen molar-refractivity contribution in [3.8, 4) is 0 Å². The summed E-state index contributed by atoms with van der Waals surface area (Å²) in [6.45, 7) is 4.47. The normalized spacial score (nSPS) is 12.2. The molecule has 0 unspecified atom stereocenters. The topological polar surface area (TPSA) is 0 Å². The summed E-state index contributed by atoms with van der Waals surface area (Å²) < 4.78 is 0. The van der Waals surface area contributed by atoms with Crippen molar-refractivity contribution in [3.05, 3.63) is 66.1 Å². The molecule has 4 rings (SSSR count). The van der Waals surface area contributed by atoms with Crippen molar-refractivity contribution >= 4 is 32.3 Å². The van der Waals surface area contributed by atoms with E-state index >= 15 is 0 Å². The number of rotatable bonds is 2. The minimum absolute atomic E-state index is 1.10. The van der Waals surface area contributed by atoms with E-state index in [1.54, 1.807) is 0 Å². The molecule has 0 N–H and O–H groups in total. The Morgan fingerprint density at radius 2 is 1.35 bits per heavy atom. The van der Waals surface area contributed by atoms with Gasteiger partial charge in [0.25, 0.3) is 0 Å². The van der Waals surface area contributed by atoms with Gasteiger partial charge in [-0.25, -0.2) is 0 Å². The molecule has 0 heterocycles. The van der Waals surface area contributed by atoms with Crippen molar-refractivity contribution in [2.24, 2.45) is 0 Å². The zero-order valence-corrected chi connectivity index (χ0v) is 11.9. The third-order valence-electron chi connectivity index (χ3n) is 4.52. The van der Waals surface area contributed by atoms with Crippen LogP contribution in [0.3, 0.4) is 0 Å². The Kier molecular flexibility index (Phi) is 2.47. The van der Waals surface area contributed by atoms with E-state index in [1.165, 1.54) is 43.8 Å². The van der Waals surface area contributed by atoms with Crippen LogP contribution in [0.15, 0.2) is 54.6 Å². The summed E-state index contributed by atoms with van der Waals surface area (Å²) in [4.78, 5) is 0. The van der Waals surface area contributed by atoms with Crippen molar-refractivity contribution in [3.63, 3.8) is 0 Å². The van der Waals surface area contributed by atoms with Crippen molar-refractivity contribution in [1.82, 2.24) is 0 Å². The first kappa shape index (κ1) is 11.7. The van der Waals surface area contributed by atoms with Gasteiger partial charge >= 0.3 is 0 Å². The molecule has 0 nitrogen and oxygen atoms in total. The van der Waals surface area contributed by atoms with Gasteiger partial charge in [-0.05, 0) is 44.3 Å². The molecular formula is C20H17. The maximum Gasteiger partial charge on any atom is 0.00225 e. The summed E-state index contributed by atoms with van der Waals surface area (Å²) in [7, 11) is 0. The Morgan fingerprint density at radius 3 is 2.05 bits per heavy atom. The summed E-state index contributed by atoms with van der Waals surface area (Å²) >= 11 is 0. The molecule has 0 aliphatic heterocycles. The van der Waals surface area contributed by atoms with Gasteiger partial charge in [-0.3, -0.25) is 0 Å². The molecule has 97 valence electrons. The molecule has 0 heteroatoms. The lowest BCUT2D eigenvalue weighted by atomic mass is 9.87. The second-order valence-electron chi connectivity index (χ2n) is 5.60. The first-order valence-corrected chi connectivity index (χ1v) is 7.29. The quantitative estimate of drug-likeness (QED) is 0.390. The van der Waals surface area contributed by atoms with Crippen LogP contribution < -0.4 is 0 Å². The van der Waals surface area contributed by atoms with Crippen LogP contribution in [0, 0.1) is 5.92 Å². The Bertz CT molecular complexity index is 886. The van der Waals surface area contributed by atoms with E-state index in [9.17, 15) is 0 Å². The van der Waals surface area contributed by atoms with E-state index < -0.39 is 0 Å². The zero-order valence-electron chi connectivity index (χ0n) is 11.9. The SMILES string of the molecule is CC[C](C)c1ccc2ccc3cccc4ccc1c2c34. The first-order chi connectivity index (χ1) is 9.79. The van der Waals surface area contributed by atoms with E-state index in [-0.39, 0.29) is 0 Å². The highest BCUT2D eigenvalue weighted by molar-refractivity contribution is 6.23. The van der Waals surface area contributed by atoms with E-state index in [1.807, 2.05) is 0 Å². The standard InChI is InChI=1S/C20H17/c1-3-13(2)17-11-9-16-8-7-14-5-4-6-15-10-12-18(17)20(16)19(14)15/h4-12H,3H2,1-2H3. The third kappa shape index (κ3) is 1.48. The van der Waals surface area contributed by atoms with Crippen molar-refractivity contribution < 1.29 is 0 Å². The average molecular weight is 257 g/mol. The van der Waals surface area contributed by atoms with Gasteiger partial charge in [0, 0.05) is 5.92 Å². The second kappa shape index (κ2) is 4.21. The molecule has 4 aromatic rings. The fourth-order valence-electron chi connectivity index (χ4n) is 3.30. The van der Waals surface area contributed by atoms with E-state index in [2.05, 4.69) is 68.4 Å². The van der Waals surface area contributed by atoms with Gasteiger partial charge in [0.1, 0.15) is 0 Å². The predicted molar refractivity (Wildman–Crippen MR) is 88.5 cm³/mol. The van der Waals surface area contributed by atoms with Gasteiger partial charge in [-0.1, -0.05) is 68.4 Å². The molecule has 0 saturated carbocycles. The van der Waals surface area contributed by atoms with Gasteiger partial charge in [-0.15, -0.1) is 0 Å². The molecule has 1 radical (unpaired) electrons. The summed E-state index contributed by atoms with van der Waals surface area (Å²) in [5, 5.41) is 8.25. The van der Waals surface area contributed by atoms with Crippen LogP contribution in [-0.2, 0) is 0 Å². The van der Waals surface area contributed by atoms with Crippen LogP contribution >= 0.6 is 0 Å². The monoisotopic (exact) mass is 257 g/mol. The largest absolute Gasteiger partial charge is 0.0645 e. The van der Waals surface area contributed by atoms with Gasteiger partial charge in [0.15, 0.2) is 0 Å². The Balaban J connectivity index is 2.26. The van der Waals surface area contributed by atoms with Gasteiger partial charge in [0.2, 0.25) is 0 Å². The van der Waals surface area contributed by atoms with Crippen molar-refractivity contribution in [2.45, 2.75) is 20.3 Å². The Morgan fingerprint density at radius 1 is 0.750 bits per heavy atom. The molecule has 0 aliphatic rings. The molecule has 0 atom stereocenters. The summed E-state index contributed by atoms with van der Waals surface area (Å²) in [5.41, 5.74) is 1.40. The Labute approximate surface area is 119 Å². The smallest absolute Gasteiger partial charge is 0.00225 e. The lowest BCUT2D eigenvalue weighted by Gasteiger charge is -2.16. The number of hydrogen-bond donors (Lipinski definition) is 0. The zero-order chi connectivity index (χ0) is 13.7. The summed E-state index contributed by atoms with van der Waals surface area (Å²) in [5.74, 6) is 1.46. The molecular weight excluding hydrogens is 240 g/mol. The van der Waals surface area contributed by atoms with E-state index in [4.69, 9.17) is 0 Å². The van der Waals surface area contributed by atoms with Crippen LogP contribution in [0.25, 0.3) is 32.3 Å². The van der Waals surface area contributed by atoms with Gasteiger partial charge < -0.3 is 0 Å². The van der Waals surface area contributed by atoms with Crippen molar-refractivity contribution in [1.29, 1.82) is 0 Å². The molecule has 0 fully saturated rings. The van der Waals surface area contributed by atoms with Crippen LogP contribution in [0.1, 0.15) is 25.8 Å². The third-order valence-corrected chi connectivity index (χ3v) is 4.52. The molecule has 0 spiro atoms. The van der Waals surface area contributed by atoms with Gasteiger partial charge in [0.05, 0.1) is 0 Å². The maximum absolute atomic E-state index is 2.29. The second-order valence-corrected chi connectivity index (χ2v) is 5.60. The van der Waals surface area contributed by atoms with Crippen LogP contribution in [0.4, 0.5) is 0 Å². The highest BCUT2D eigenvalue weighted by Crippen LogP contribution is 2.37.